The maximum atomic E-state index is 13.3. The van der Waals surface area contributed by atoms with E-state index in [1.165, 1.54) is 12.1 Å². The van der Waals surface area contributed by atoms with Gasteiger partial charge < -0.3 is 25.6 Å². The molecule has 2 atom stereocenters. The summed E-state index contributed by atoms with van der Waals surface area (Å²) < 4.78 is 5.65. The Morgan fingerprint density at radius 1 is 0.683 bits per heavy atom. The lowest BCUT2D eigenvalue weighted by Gasteiger charge is -2.22. The van der Waals surface area contributed by atoms with Crippen molar-refractivity contribution in [3.63, 3.8) is 0 Å². The Morgan fingerprint density at radius 2 is 1.22 bits per heavy atom. The number of benzene rings is 4. The summed E-state index contributed by atoms with van der Waals surface area (Å²) in [4.78, 5) is 38.3. The number of aliphatic carboxylic acids is 1. The molecule has 0 bridgehead atoms. The van der Waals surface area contributed by atoms with Crippen LogP contribution in [0.15, 0.2) is 103 Å². The van der Waals surface area contributed by atoms with Gasteiger partial charge in [-0.05, 0) is 45.5 Å². The van der Waals surface area contributed by atoms with E-state index in [0.29, 0.717) is 5.56 Å². The van der Waals surface area contributed by atoms with Crippen molar-refractivity contribution in [1.29, 1.82) is 0 Å². The number of ether oxygens (including phenoxy) is 1. The van der Waals surface area contributed by atoms with Gasteiger partial charge in [-0.1, -0.05) is 91.0 Å². The van der Waals surface area contributed by atoms with Crippen molar-refractivity contribution in [2.24, 2.45) is 0 Å². The minimum atomic E-state index is -1.24. The third-order valence-electron chi connectivity index (χ3n) is 7.23. The van der Waals surface area contributed by atoms with Crippen LogP contribution < -0.4 is 10.6 Å². The highest BCUT2D eigenvalue weighted by atomic mass is 16.5. The summed E-state index contributed by atoms with van der Waals surface area (Å²) in [6.07, 6.45) is -0.624. The topological polar surface area (TPSA) is 125 Å². The number of phenolic OH excluding ortho intramolecular Hbond substituents is 1. The number of carbonyl (C=O) groups excluding carboxylic acids is 2. The lowest BCUT2D eigenvalue weighted by Crippen LogP contribution is -2.53. The highest BCUT2D eigenvalue weighted by Gasteiger charge is 2.31. The Hall–Kier alpha value is -5.11. The number of aromatic hydroxyl groups is 1. The molecule has 0 aromatic heterocycles. The van der Waals surface area contributed by atoms with E-state index in [0.717, 1.165) is 27.8 Å². The summed E-state index contributed by atoms with van der Waals surface area (Å²) in [6.45, 7) is 0.0815. The Balaban J connectivity index is 1.28. The monoisotopic (exact) mass is 550 g/mol. The van der Waals surface area contributed by atoms with E-state index >= 15 is 0 Å². The standard InChI is InChI=1S/C33H30N2O6/c36-23-16-14-22(15-17-23)19-30(32(38)39)34-31(37)29(18-21-8-2-1-3-9-21)35-33(40)41-20-28-26-12-6-4-10-24(26)25-11-5-7-13-27(25)28/h1-17,28-30,36H,18-20H2,(H,34,37)(H,35,40)(H,38,39)/t29-,30-/m0/s1. The second-order valence-electron chi connectivity index (χ2n) is 9.98. The quantitative estimate of drug-likeness (QED) is 0.228. The lowest BCUT2D eigenvalue weighted by atomic mass is 9.98. The van der Waals surface area contributed by atoms with Gasteiger partial charge in [-0.15, -0.1) is 0 Å². The number of fused-ring (bicyclic) bond motifs is 3. The predicted octanol–water partition coefficient (Wildman–Crippen LogP) is 4.65. The minimum absolute atomic E-state index is 0.00432. The first kappa shape index (κ1) is 27.5. The van der Waals surface area contributed by atoms with Crippen LogP contribution in [0.4, 0.5) is 4.79 Å². The highest BCUT2D eigenvalue weighted by Crippen LogP contribution is 2.44. The van der Waals surface area contributed by atoms with Gasteiger partial charge in [-0.25, -0.2) is 9.59 Å². The van der Waals surface area contributed by atoms with Crippen LogP contribution in [-0.2, 0) is 27.2 Å². The molecule has 4 N–H and O–H groups in total. The second kappa shape index (κ2) is 12.4. The maximum absolute atomic E-state index is 13.3. The van der Waals surface area contributed by atoms with Crippen LogP contribution in [0.25, 0.3) is 11.1 Å². The molecule has 41 heavy (non-hydrogen) atoms. The van der Waals surface area contributed by atoms with Crippen molar-refractivity contribution in [3.8, 4) is 16.9 Å². The molecule has 0 unspecified atom stereocenters. The number of alkyl carbamates (subject to hydrolysis) is 1. The second-order valence-corrected chi connectivity index (χ2v) is 9.98. The zero-order chi connectivity index (χ0) is 28.8. The normalized spacial score (nSPS) is 13.4. The first-order valence-electron chi connectivity index (χ1n) is 13.4. The Morgan fingerprint density at radius 3 is 1.83 bits per heavy atom. The van der Waals surface area contributed by atoms with Crippen LogP contribution in [-0.4, -0.2) is 46.9 Å². The molecule has 0 spiro atoms. The molecule has 2 amide bonds. The first-order valence-corrected chi connectivity index (χ1v) is 13.4. The van der Waals surface area contributed by atoms with Gasteiger partial charge in [0.15, 0.2) is 0 Å². The molecule has 8 heteroatoms. The van der Waals surface area contributed by atoms with Crippen LogP contribution in [0.5, 0.6) is 5.75 Å². The van der Waals surface area contributed by atoms with Gasteiger partial charge in [0.1, 0.15) is 24.4 Å². The van der Waals surface area contributed by atoms with E-state index in [-0.39, 0.29) is 31.1 Å². The van der Waals surface area contributed by atoms with E-state index in [1.54, 1.807) is 12.1 Å². The summed E-state index contributed by atoms with van der Waals surface area (Å²) in [7, 11) is 0. The van der Waals surface area contributed by atoms with Crippen molar-refractivity contribution in [2.75, 3.05) is 6.61 Å². The van der Waals surface area contributed by atoms with Gasteiger partial charge in [0.25, 0.3) is 0 Å². The van der Waals surface area contributed by atoms with Gasteiger partial charge in [-0.2, -0.15) is 0 Å². The largest absolute Gasteiger partial charge is 0.508 e. The van der Waals surface area contributed by atoms with Crippen LogP contribution in [0.3, 0.4) is 0 Å². The molecule has 0 radical (unpaired) electrons. The Labute approximate surface area is 237 Å². The van der Waals surface area contributed by atoms with Gasteiger partial charge >= 0.3 is 12.1 Å². The zero-order valence-electron chi connectivity index (χ0n) is 22.2. The molecule has 1 aliphatic carbocycles. The number of carboxylic acids is 1. The SMILES string of the molecule is O=C(N[C@@H](Cc1ccccc1)C(=O)N[C@@H](Cc1ccc(O)cc1)C(=O)O)OCC1c2ccccc2-c2ccccc21. The van der Waals surface area contributed by atoms with E-state index in [2.05, 4.69) is 10.6 Å². The number of phenols is 1. The number of rotatable bonds is 10. The van der Waals surface area contributed by atoms with Crippen molar-refractivity contribution >= 4 is 18.0 Å². The summed E-state index contributed by atoms with van der Waals surface area (Å²) in [5, 5.41) is 24.5. The van der Waals surface area contributed by atoms with Crippen molar-refractivity contribution in [3.05, 3.63) is 125 Å². The molecule has 0 aliphatic heterocycles. The summed E-state index contributed by atoms with van der Waals surface area (Å²) in [5.41, 5.74) is 5.76. The fourth-order valence-corrected chi connectivity index (χ4v) is 5.18. The molecular weight excluding hydrogens is 520 g/mol. The average molecular weight is 551 g/mol. The van der Waals surface area contributed by atoms with Crippen LogP contribution >= 0.6 is 0 Å². The number of carboxylic acid groups (broad SMARTS) is 1. The number of hydrogen-bond donors (Lipinski definition) is 4. The lowest BCUT2D eigenvalue weighted by molar-refractivity contribution is -0.142. The van der Waals surface area contributed by atoms with Crippen molar-refractivity contribution < 1.29 is 29.3 Å². The van der Waals surface area contributed by atoms with Crippen LogP contribution in [0.2, 0.25) is 0 Å². The highest BCUT2D eigenvalue weighted by molar-refractivity contribution is 5.89. The number of carbonyl (C=O) groups is 3. The molecule has 8 nitrogen and oxygen atoms in total. The Bertz CT molecular complexity index is 1490. The molecule has 208 valence electrons. The minimum Gasteiger partial charge on any atom is -0.508 e. The molecule has 0 fully saturated rings. The predicted molar refractivity (Wildman–Crippen MR) is 154 cm³/mol. The first-order chi connectivity index (χ1) is 19.9. The zero-order valence-corrected chi connectivity index (χ0v) is 22.2. The van der Waals surface area contributed by atoms with Gasteiger partial charge in [0.05, 0.1) is 0 Å². The van der Waals surface area contributed by atoms with Gasteiger partial charge in [-0.3, -0.25) is 4.79 Å². The molecule has 0 heterocycles. The number of nitrogens with one attached hydrogen (secondary N) is 2. The van der Waals surface area contributed by atoms with Crippen LogP contribution in [0.1, 0.15) is 28.2 Å². The van der Waals surface area contributed by atoms with Gasteiger partial charge in [0, 0.05) is 18.8 Å². The summed E-state index contributed by atoms with van der Waals surface area (Å²) >= 11 is 0. The molecule has 4 aromatic carbocycles. The summed E-state index contributed by atoms with van der Waals surface area (Å²) in [6, 6.07) is 28.9. The third kappa shape index (κ3) is 6.55. The number of hydrogen-bond acceptors (Lipinski definition) is 5. The maximum Gasteiger partial charge on any atom is 0.407 e. The van der Waals surface area contributed by atoms with E-state index in [9.17, 15) is 24.6 Å². The fraction of sp³-hybridized carbons (Fsp3) is 0.182. The van der Waals surface area contributed by atoms with Crippen molar-refractivity contribution in [1.82, 2.24) is 10.6 Å². The summed E-state index contributed by atoms with van der Waals surface area (Å²) in [5.74, 6) is -1.95. The van der Waals surface area contributed by atoms with E-state index in [4.69, 9.17) is 4.74 Å². The third-order valence-corrected chi connectivity index (χ3v) is 7.23. The van der Waals surface area contributed by atoms with Crippen molar-refractivity contribution in [2.45, 2.75) is 30.8 Å². The number of amides is 2. The molecule has 0 saturated carbocycles. The molecule has 5 rings (SSSR count). The molecule has 0 saturated heterocycles. The molecular formula is C33H30N2O6. The van der Waals surface area contributed by atoms with Crippen LogP contribution in [0, 0.1) is 0 Å². The smallest absolute Gasteiger partial charge is 0.407 e. The Kier molecular flexibility index (Phi) is 8.29. The fourth-order valence-electron chi connectivity index (χ4n) is 5.18. The molecule has 1 aliphatic rings. The van der Waals surface area contributed by atoms with E-state index < -0.39 is 30.1 Å². The van der Waals surface area contributed by atoms with Gasteiger partial charge in [0.2, 0.25) is 5.91 Å². The molecule has 4 aromatic rings. The average Bonchev–Trinajstić information content (AvgIpc) is 3.30. The van der Waals surface area contributed by atoms with E-state index in [1.807, 2.05) is 78.9 Å².